The third-order valence-electron chi connectivity index (χ3n) is 6.06. The molecule has 0 radical (unpaired) electrons. The summed E-state index contributed by atoms with van der Waals surface area (Å²) >= 11 is 0. The summed E-state index contributed by atoms with van der Waals surface area (Å²) in [6.07, 6.45) is 4.28. The maximum Gasteiger partial charge on any atom is 0.268 e. The van der Waals surface area contributed by atoms with Gasteiger partial charge in [-0.3, -0.25) is 13.8 Å². The summed E-state index contributed by atoms with van der Waals surface area (Å²) in [5, 5.41) is 7.33. The molecule has 1 fully saturated rings. The second-order valence-corrected chi connectivity index (χ2v) is 10.2. The van der Waals surface area contributed by atoms with Gasteiger partial charge in [0, 0.05) is 13.1 Å². The zero-order valence-electron chi connectivity index (χ0n) is 18.5. The number of sulfonamides is 1. The largest absolute Gasteiger partial charge is 0.352 e. The van der Waals surface area contributed by atoms with Crippen LogP contribution in [0.1, 0.15) is 49.6 Å². The SMILES string of the molecule is Cc1ccc(N(CC(=O)N[C@H]2CCCC[C@H]2C)S(=O)(=O)c2c(C)nn(C)c2C)cc1. The maximum atomic E-state index is 13.7. The van der Waals surface area contributed by atoms with Gasteiger partial charge in [-0.05, 0) is 51.7 Å². The van der Waals surface area contributed by atoms with Gasteiger partial charge in [-0.25, -0.2) is 8.42 Å². The quantitative estimate of drug-likeness (QED) is 0.759. The van der Waals surface area contributed by atoms with Crippen molar-refractivity contribution in [3.05, 3.63) is 41.2 Å². The molecule has 2 atom stereocenters. The molecule has 1 saturated carbocycles. The molecule has 0 saturated heterocycles. The molecule has 0 bridgehead atoms. The van der Waals surface area contributed by atoms with Gasteiger partial charge < -0.3 is 5.32 Å². The van der Waals surface area contributed by atoms with E-state index >= 15 is 0 Å². The van der Waals surface area contributed by atoms with Crippen LogP contribution >= 0.6 is 0 Å². The number of amides is 1. The molecule has 0 aliphatic heterocycles. The van der Waals surface area contributed by atoms with E-state index in [1.807, 2.05) is 19.1 Å². The summed E-state index contributed by atoms with van der Waals surface area (Å²) in [6, 6.07) is 7.27. The van der Waals surface area contributed by atoms with E-state index in [0.29, 0.717) is 23.0 Å². The average Bonchev–Trinajstić information content (AvgIpc) is 2.94. The molecule has 7 nitrogen and oxygen atoms in total. The Morgan fingerprint density at radius 2 is 1.80 bits per heavy atom. The molecule has 1 aliphatic rings. The molecule has 1 aliphatic carbocycles. The number of aromatic nitrogens is 2. The zero-order chi connectivity index (χ0) is 22.1. The van der Waals surface area contributed by atoms with E-state index in [2.05, 4.69) is 17.3 Å². The van der Waals surface area contributed by atoms with E-state index in [4.69, 9.17) is 0 Å². The predicted molar refractivity (Wildman–Crippen MR) is 118 cm³/mol. The lowest BCUT2D eigenvalue weighted by Gasteiger charge is -2.31. The van der Waals surface area contributed by atoms with Gasteiger partial charge in [0.25, 0.3) is 10.0 Å². The van der Waals surface area contributed by atoms with Crippen LogP contribution in [0.3, 0.4) is 0 Å². The number of hydrogen-bond acceptors (Lipinski definition) is 4. The number of anilines is 1. The Balaban J connectivity index is 1.94. The van der Waals surface area contributed by atoms with E-state index in [0.717, 1.165) is 24.8 Å². The number of nitrogens with one attached hydrogen (secondary N) is 1. The van der Waals surface area contributed by atoms with Crippen LogP contribution in [0, 0.1) is 26.7 Å². The Morgan fingerprint density at radius 1 is 1.17 bits per heavy atom. The maximum absolute atomic E-state index is 13.7. The first-order valence-electron chi connectivity index (χ1n) is 10.5. The minimum atomic E-state index is -3.97. The van der Waals surface area contributed by atoms with Crippen molar-refractivity contribution in [3.63, 3.8) is 0 Å². The Hall–Kier alpha value is -2.35. The molecule has 1 aromatic carbocycles. The van der Waals surface area contributed by atoms with Crippen LogP contribution in [0.15, 0.2) is 29.2 Å². The van der Waals surface area contributed by atoms with E-state index in [1.54, 1.807) is 37.7 Å². The number of benzene rings is 1. The van der Waals surface area contributed by atoms with Crippen molar-refractivity contribution in [2.45, 2.75) is 64.3 Å². The Morgan fingerprint density at radius 3 is 2.37 bits per heavy atom. The Labute approximate surface area is 179 Å². The second kappa shape index (κ2) is 8.79. The van der Waals surface area contributed by atoms with Crippen molar-refractivity contribution in [1.29, 1.82) is 0 Å². The van der Waals surface area contributed by atoms with Crippen LogP contribution in [0.25, 0.3) is 0 Å². The summed E-state index contributed by atoms with van der Waals surface area (Å²) in [6.45, 7) is 7.22. The van der Waals surface area contributed by atoms with Crippen molar-refractivity contribution in [2.75, 3.05) is 10.8 Å². The zero-order valence-corrected chi connectivity index (χ0v) is 19.3. The highest BCUT2D eigenvalue weighted by molar-refractivity contribution is 7.93. The summed E-state index contributed by atoms with van der Waals surface area (Å²) in [7, 11) is -2.25. The molecular weight excluding hydrogens is 400 g/mol. The summed E-state index contributed by atoms with van der Waals surface area (Å²) in [5.74, 6) is 0.118. The van der Waals surface area contributed by atoms with E-state index in [9.17, 15) is 13.2 Å². The number of carbonyl (C=O) groups is 1. The standard InChI is InChI=1S/C22H32N4O3S/c1-15-10-12-19(13-11-15)26(14-21(27)23-20-9-7-6-8-16(20)2)30(28,29)22-17(3)24-25(5)18(22)4/h10-13,16,20H,6-9,14H2,1-5H3,(H,23,27)/t16-,20+/m1/s1. The number of hydrogen-bond donors (Lipinski definition) is 1. The lowest BCUT2D eigenvalue weighted by atomic mass is 9.86. The lowest BCUT2D eigenvalue weighted by molar-refractivity contribution is -0.120. The van der Waals surface area contributed by atoms with Gasteiger partial charge in [0.05, 0.1) is 17.1 Å². The summed E-state index contributed by atoms with van der Waals surface area (Å²) in [4.78, 5) is 13.1. The van der Waals surface area contributed by atoms with Gasteiger partial charge in [-0.15, -0.1) is 0 Å². The molecule has 0 spiro atoms. The Kier molecular flexibility index (Phi) is 6.55. The number of carbonyl (C=O) groups excluding carboxylic acids is 1. The first-order chi connectivity index (χ1) is 14.1. The fraction of sp³-hybridized carbons (Fsp3) is 0.545. The van der Waals surface area contributed by atoms with Gasteiger partial charge >= 0.3 is 0 Å². The van der Waals surface area contributed by atoms with Crippen LogP contribution in [0.2, 0.25) is 0 Å². The second-order valence-electron chi connectivity index (χ2n) is 8.41. The summed E-state index contributed by atoms with van der Waals surface area (Å²) < 4.78 is 30.1. The van der Waals surface area contributed by atoms with Crippen LogP contribution in [0.4, 0.5) is 5.69 Å². The molecular formula is C22H32N4O3S. The third kappa shape index (κ3) is 4.53. The first kappa shape index (κ1) is 22.3. The van der Waals surface area contributed by atoms with Gasteiger partial charge in [0.15, 0.2) is 0 Å². The van der Waals surface area contributed by atoms with Crippen molar-refractivity contribution >= 4 is 21.6 Å². The molecule has 30 heavy (non-hydrogen) atoms. The number of rotatable bonds is 6. The first-order valence-corrected chi connectivity index (χ1v) is 11.9. The highest BCUT2D eigenvalue weighted by Gasteiger charge is 2.33. The molecule has 3 rings (SSSR count). The van der Waals surface area contributed by atoms with Crippen LogP contribution in [-0.2, 0) is 21.9 Å². The van der Waals surface area contributed by atoms with Crippen LogP contribution < -0.4 is 9.62 Å². The van der Waals surface area contributed by atoms with E-state index < -0.39 is 10.0 Å². The van der Waals surface area contributed by atoms with Gasteiger partial charge in [-0.2, -0.15) is 5.10 Å². The molecule has 8 heteroatoms. The van der Waals surface area contributed by atoms with Crippen molar-refractivity contribution < 1.29 is 13.2 Å². The number of nitrogens with zero attached hydrogens (tertiary/aromatic N) is 3. The van der Waals surface area contributed by atoms with Crippen molar-refractivity contribution in [3.8, 4) is 0 Å². The third-order valence-corrected chi connectivity index (χ3v) is 8.08. The van der Waals surface area contributed by atoms with Crippen LogP contribution in [0.5, 0.6) is 0 Å². The molecule has 1 amide bonds. The van der Waals surface area contributed by atoms with E-state index in [1.165, 1.54) is 10.7 Å². The fourth-order valence-electron chi connectivity index (χ4n) is 4.18. The topological polar surface area (TPSA) is 84.3 Å². The fourth-order valence-corrected chi connectivity index (χ4v) is 6.00. The molecule has 1 N–H and O–H groups in total. The minimum Gasteiger partial charge on any atom is -0.352 e. The molecule has 1 aromatic heterocycles. The lowest BCUT2D eigenvalue weighted by Crippen LogP contribution is -2.47. The van der Waals surface area contributed by atoms with Gasteiger partial charge in [0.1, 0.15) is 11.4 Å². The highest BCUT2D eigenvalue weighted by Crippen LogP contribution is 2.28. The van der Waals surface area contributed by atoms with Gasteiger partial charge in [0.2, 0.25) is 5.91 Å². The smallest absolute Gasteiger partial charge is 0.268 e. The van der Waals surface area contributed by atoms with E-state index in [-0.39, 0.29) is 23.4 Å². The number of aryl methyl sites for hydroxylation is 3. The predicted octanol–water partition coefficient (Wildman–Crippen LogP) is 3.24. The molecule has 2 aromatic rings. The monoisotopic (exact) mass is 432 g/mol. The van der Waals surface area contributed by atoms with Crippen LogP contribution in [-0.4, -0.2) is 36.7 Å². The molecule has 0 unspecified atom stereocenters. The molecule has 164 valence electrons. The normalized spacial score (nSPS) is 19.5. The molecule has 1 heterocycles. The summed E-state index contributed by atoms with van der Waals surface area (Å²) in [5.41, 5.74) is 2.46. The highest BCUT2D eigenvalue weighted by atomic mass is 32.2. The minimum absolute atomic E-state index is 0.0932. The van der Waals surface area contributed by atoms with Crippen molar-refractivity contribution in [2.24, 2.45) is 13.0 Å². The Bertz CT molecular complexity index is 1010. The van der Waals surface area contributed by atoms with Crippen molar-refractivity contribution in [1.82, 2.24) is 15.1 Å². The average molecular weight is 433 g/mol. The van der Waals surface area contributed by atoms with Gasteiger partial charge in [-0.1, -0.05) is 37.5 Å².